The van der Waals surface area contributed by atoms with E-state index in [1.54, 1.807) is 6.07 Å². The summed E-state index contributed by atoms with van der Waals surface area (Å²) >= 11 is 12.4. The fraction of sp³-hybridized carbons (Fsp3) is 0.611. The Hall–Kier alpha value is -0.810. The Kier molecular flexibility index (Phi) is 5.70. The molecule has 4 nitrogen and oxygen atoms in total. The van der Waals surface area contributed by atoms with E-state index in [1.165, 1.54) is 12.8 Å². The van der Waals surface area contributed by atoms with Crippen LogP contribution in [0.4, 0.5) is 0 Å². The van der Waals surface area contributed by atoms with E-state index < -0.39 is 6.10 Å². The molecule has 3 rings (SSSR count). The fourth-order valence-corrected chi connectivity index (χ4v) is 4.48. The molecule has 1 aromatic carbocycles. The molecule has 1 saturated heterocycles. The lowest BCUT2D eigenvalue weighted by atomic mass is 10.1. The number of benzene rings is 1. The molecule has 1 aromatic rings. The van der Waals surface area contributed by atoms with Crippen LogP contribution in [-0.2, 0) is 11.2 Å². The molecule has 6 heteroatoms. The number of hydrogen-bond acceptors (Lipinski definition) is 3. The van der Waals surface area contributed by atoms with Crippen molar-refractivity contribution in [1.29, 1.82) is 0 Å². The Bertz CT molecular complexity index is 615. The van der Waals surface area contributed by atoms with Crippen LogP contribution in [0.1, 0.15) is 42.9 Å². The smallest absolute Gasteiger partial charge is 0.236 e. The van der Waals surface area contributed by atoms with Crippen molar-refractivity contribution in [2.45, 2.75) is 44.2 Å². The summed E-state index contributed by atoms with van der Waals surface area (Å²) in [6.45, 7) is 1.98. The lowest BCUT2D eigenvalue weighted by Crippen LogP contribution is -2.42. The number of aliphatic hydroxyl groups is 1. The van der Waals surface area contributed by atoms with Gasteiger partial charge in [-0.15, -0.1) is 0 Å². The van der Waals surface area contributed by atoms with Crippen LogP contribution in [0.15, 0.2) is 12.1 Å². The summed E-state index contributed by atoms with van der Waals surface area (Å²) in [5.74, 6) is 0.133. The Morgan fingerprint density at radius 3 is 2.58 bits per heavy atom. The SMILES string of the molecule is CN(CC(=O)N1CCCCCC1)C1c2cc(Cl)cc(Cl)c2CC1O. The summed E-state index contributed by atoms with van der Waals surface area (Å²) in [4.78, 5) is 16.5. The van der Waals surface area contributed by atoms with E-state index in [-0.39, 0.29) is 11.9 Å². The molecule has 0 spiro atoms. The van der Waals surface area contributed by atoms with E-state index in [0.717, 1.165) is 37.1 Å². The number of likely N-dealkylation sites (N-methyl/N-ethyl adjacent to an activating group) is 1. The molecule has 1 N–H and O–H groups in total. The number of likely N-dealkylation sites (tertiary alicyclic amines) is 1. The van der Waals surface area contributed by atoms with Crippen LogP contribution in [0.3, 0.4) is 0 Å². The summed E-state index contributed by atoms with van der Waals surface area (Å²) in [7, 11) is 1.88. The number of amides is 1. The molecular formula is C18H24Cl2N2O2. The van der Waals surface area contributed by atoms with Crippen LogP contribution in [0.25, 0.3) is 0 Å². The van der Waals surface area contributed by atoms with E-state index in [1.807, 2.05) is 22.9 Å². The zero-order valence-corrected chi connectivity index (χ0v) is 15.5. The predicted octanol–water partition coefficient (Wildman–Crippen LogP) is 3.29. The molecule has 0 bridgehead atoms. The first-order valence-electron chi connectivity index (χ1n) is 8.61. The highest BCUT2D eigenvalue weighted by atomic mass is 35.5. The molecule has 132 valence electrons. The second kappa shape index (κ2) is 7.61. The average molecular weight is 371 g/mol. The first-order valence-corrected chi connectivity index (χ1v) is 9.37. The van der Waals surface area contributed by atoms with Gasteiger partial charge >= 0.3 is 0 Å². The molecule has 2 aliphatic rings. The number of aliphatic hydroxyl groups excluding tert-OH is 1. The third-order valence-electron chi connectivity index (χ3n) is 5.11. The monoisotopic (exact) mass is 370 g/mol. The van der Waals surface area contributed by atoms with Crippen LogP contribution in [0.2, 0.25) is 10.0 Å². The van der Waals surface area contributed by atoms with E-state index >= 15 is 0 Å². The summed E-state index contributed by atoms with van der Waals surface area (Å²) < 4.78 is 0. The Labute approximate surface area is 153 Å². The molecule has 0 aromatic heterocycles. The van der Waals surface area contributed by atoms with Gasteiger partial charge in [0.2, 0.25) is 5.91 Å². The van der Waals surface area contributed by atoms with Crippen molar-refractivity contribution >= 4 is 29.1 Å². The summed E-state index contributed by atoms with van der Waals surface area (Å²) in [6, 6.07) is 3.32. The van der Waals surface area contributed by atoms with E-state index in [4.69, 9.17) is 23.2 Å². The molecule has 0 radical (unpaired) electrons. The summed E-state index contributed by atoms with van der Waals surface area (Å²) in [6.07, 6.45) is 4.48. The van der Waals surface area contributed by atoms with E-state index in [2.05, 4.69) is 0 Å². The highest BCUT2D eigenvalue weighted by Gasteiger charge is 2.36. The van der Waals surface area contributed by atoms with Crippen LogP contribution < -0.4 is 0 Å². The van der Waals surface area contributed by atoms with Crippen LogP contribution >= 0.6 is 23.2 Å². The maximum atomic E-state index is 12.6. The number of hydrogen-bond donors (Lipinski definition) is 1. The minimum atomic E-state index is -0.571. The highest BCUT2D eigenvalue weighted by molar-refractivity contribution is 6.35. The van der Waals surface area contributed by atoms with Gasteiger partial charge in [0.05, 0.1) is 18.7 Å². The van der Waals surface area contributed by atoms with Gasteiger partial charge in [-0.2, -0.15) is 0 Å². The number of carbonyl (C=O) groups is 1. The van der Waals surface area contributed by atoms with Crippen molar-refractivity contribution in [3.05, 3.63) is 33.3 Å². The third-order valence-corrected chi connectivity index (χ3v) is 5.66. The first-order chi connectivity index (χ1) is 11.5. The van der Waals surface area contributed by atoms with Crippen LogP contribution in [0.5, 0.6) is 0 Å². The second-order valence-corrected chi connectivity index (χ2v) is 7.73. The minimum absolute atomic E-state index is 0.133. The van der Waals surface area contributed by atoms with Crippen molar-refractivity contribution in [1.82, 2.24) is 9.80 Å². The summed E-state index contributed by atoms with van der Waals surface area (Å²) in [5, 5.41) is 11.6. The highest BCUT2D eigenvalue weighted by Crippen LogP contribution is 2.40. The van der Waals surface area contributed by atoms with Crippen molar-refractivity contribution in [3.63, 3.8) is 0 Å². The van der Waals surface area contributed by atoms with Crippen LogP contribution in [-0.4, -0.2) is 53.6 Å². The molecule has 1 fully saturated rings. The van der Waals surface area contributed by atoms with Gasteiger partial charge in [-0.05, 0) is 43.1 Å². The second-order valence-electron chi connectivity index (χ2n) is 6.88. The van der Waals surface area contributed by atoms with Crippen LogP contribution in [0, 0.1) is 0 Å². The number of fused-ring (bicyclic) bond motifs is 1. The fourth-order valence-electron chi connectivity index (χ4n) is 3.89. The maximum absolute atomic E-state index is 12.6. The molecule has 1 amide bonds. The lowest BCUT2D eigenvalue weighted by molar-refractivity contribution is -0.133. The van der Waals surface area contributed by atoms with Crippen molar-refractivity contribution < 1.29 is 9.90 Å². The molecule has 2 unspecified atom stereocenters. The minimum Gasteiger partial charge on any atom is -0.391 e. The average Bonchev–Trinajstić information content (AvgIpc) is 2.71. The van der Waals surface area contributed by atoms with Gasteiger partial charge < -0.3 is 10.0 Å². The molecule has 1 aliphatic heterocycles. The molecule has 1 aliphatic carbocycles. The number of rotatable bonds is 3. The largest absolute Gasteiger partial charge is 0.391 e. The number of halogens is 2. The standard InChI is InChI=1S/C18H24Cl2N2O2/c1-21(11-17(24)22-6-4-2-3-5-7-22)18-14-8-12(19)9-15(20)13(14)10-16(18)23/h8-9,16,18,23H,2-7,10-11H2,1H3. The number of carbonyl (C=O) groups excluding carboxylic acids is 1. The van der Waals surface area contributed by atoms with Gasteiger partial charge in [-0.3, -0.25) is 9.69 Å². The maximum Gasteiger partial charge on any atom is 0.236 e. The van der Waals surface area contributed by atoms with Gasteiger partial charge in [0, 0.05) is 29.6 Å². The predicted molar refractivity (Wildman–Crippen MR) is 96.6 cm³/mol. The molecule has 0 saturated carbocycles. The Morgan fingerprint density at radius 2 is 1.92 bits per heavy atom. The van der Waals surface area contributed by atoms with Crippen molar-refractivity contribution in [3.8, 4) is 0 Å². The lowest BCUT2D eigenvalue weighted by Gasteiger charge is -2.30. The van der Waals surface area contributed by atoms with Crippen molar-refractivity contribution in [2.75, 3.05) is 26.7 Å². The van der Waals surface area contributed by atoms with Gasteiger partial charge in [-0.1, -0.05) is 36.0 Å². The molecule has 24 heavy (non-hydrogen) atoms. The zero-order valence-electron chi connectivity index (χ0n) is 14.0. The Morgan fingerprint density at radius 1 is 1.25 bits per heavy atom. The quantitative estimate of drug-likeness (QED) is 0.887. The molecule has 2 atom stereocenters. The topological polar surface area (TPSA) is 43.8 Å². The van der Waals surface area contributed by atoms with E-state index in [9.17, 15) is 9.90 Å². The normalized spacial score (nSPS) is 24.1. The molecule has 1 heterocycles. The van der Waals surface area contributed by atoms with Gasteiger partial charge in [0.1, 0.15) is 0 Å². The molecular weight excluding hydrogens is 347 g/mol. The summed E-state index contributed by atoms with van der Waals surface area (Å²) in [5.41, 5.74) is 1.87. The third kappa shape index (κ3) is 3.72. The zero-order chi connectivity index (χ0) is 17.3. The van der Waals surface area contributed by atoms with Crippen molar-refractivity contribution in [2.24, 2.45) is 0 Å². The number of nitrogens with zero attached hydrogens (tertiary/aromatic N) is 2. The van der Waals surface area contributed by atoms with E-state index in [0.29, 0.717) is 23.0 Å². The van der Waals surface area contributed by atoms with Gasteiger partial charge in [0.25, 0.3) is 0 Å². The van der Waals surface area contributed by atoms with Gasteiger partial charge in [-0.25, -0.2) is 0 Å². The first kappa shape index (κ1) is 18.0. The Balaban J connectivity index is 1.73. The van der Waals surface area contributed by atoms with Gasteiger partial charge in [0.15, 0.2) is 0 Å².